The molecule has 0 aromatic heterocycles. The lowest BCUT2D eigenvalue weighted by atomic mass is 9.89. The molecule has 0 aliphatic carbocycles. The summed E-state index contributed by atoms with van der Waals surface area (Å²) in [5.74, 6) is 35.8. The van der Waals surface area contributed by atoms with Crippen LogP contribution in [0.5, 0.6) is 5.75 Å². The number of urea groups is 1. The number of ether oxygens (including phenoxy) is 1. The van der Waals surface area contributed by atoms with Crippen molar-refractivity contribution >= 4 is 18.1 Å². The normalized spacial score (nSPS) is 12.3. The summed E-state index contributed by atoms with van der Waals surface area (Å²) in [7, 11) is 0. The van der Waals surface area contributed by atoms with E-state index in [4.69, 9.17) is 4.74 Å². The molecule has 1 aromatic carbocycles. The van der Waals surface area contributed by atoms with Crippen LogP contribution in [-0.4, -0.2) is 24.7 Å². The number of Topliss-reactive ketones (excluding diaryl/α,β-unsaturated/α-hetero) is 1. The van der Waals surface area contributed by atoms with E-state index in [1.165, 1.54) is 0 Å². The van der Waals surface area contributed by atoms with Crippen molar-refractivity contribution in [2.24, 2.45) is 0 Å². The fourth-order valence-electron chi connectivity index (χ4n) is 3.01. The van der Waals surface area contributed by atoms with Gasteiger partial charge in [0.15, 0.2) is 6.29 Å². The first-order chi connectivity index (χ1) is 17.5. The summed E-state index contributed by atoms with van der Waals surface area (Å²) < 4.78 is 5.72. The summed E-state index contributed by atoms with van der Waals surface area (Å²) in [4.78, 5) is 35.8. The minimum Gasteiger partial charge on any atom is -0.493 e. The van der Waals surface area contributed by atoms with E-state index in [-0.39, 0.29) is 17.6 Å². The fourth-order valence-corrected chi connectivity index (χ4v) is 3.01. The van der Waals surface area contributed by atoms with Gasteiger partial charge in [0.1, 0.15) is 5.75 Å². The third-order valence-electron chi connectivity index (χ3n) is 4.31. The Labute approximate surface area is 210 Å². The number of rotatable bonds is 5. The van der Waals surface area contributed by atoms with Crippen molar-refractivity contribution < 1.29 is 19.1 Å². The van der Waals surface area contributed by atoms with E-state index in [1.54, 1.807) is 39.0 Å². The van der Waals surface area contributed by atoms with E-state index in [0.29, 0.717) is 23.5 Å². The molecule has 0 spiro atoms. The van der Waals surface area contributed by atoms with Crippen LogP contribution in [0.4, 0.5) is 4.79 Å². The molecule has 2 N–H and O–H groups in total. The van der Waals surface area contributed by atoms with Gasteiger partial charge < -0.3 is 15.4 Å². The number of hydrogen-bond acceptors (Lipinski definition) is 4. The highest BCUT2D eigenvalue weighted by molar-refractivity contribution is 6.34. The summed E-state index contributed by atoms with van der Waals surface area (Å²) in [5.41, 5.74) is 1.27. The van der Waals surface area contributed by atoms with E-state index >= 15 is 0 Å². The van der Waals surface area contributed by atoms with Crippen molar-refractivity contribution in [3.63, 3.8) is 0 Å². The maximum absolute atomic E-state index is 12.4. The van der Waals surface area contributed by atoms with Gasteiger partial charge in [0.05, 0.1) is 12.6 Å². The molecule has 0 radical (unpaired) electrons. The maximum Gasteiger partial charge on any atom is 0.319 e. The summed E-state index contributed by atoms with van der Waals surface area (Å²) in [6.45, 7) is 5.36. The number of carbonyl (C=O) groups is 3. The van der Waals surface area contributed by atoms with E-state index in [0.717, 1.165) is 0 Å². The zero-order valence-corrected chi connectivity index (χ0v) is 19.7. The number of hydrogen-bond donors (Lipinski definition) is 2. The molecular formula is C30H18N2O4. The number of benzene rings is 1. The molecule has 6 nitrogen and oxygen atoms in total. The SMILES string of the molecule is CC#CC#CC#CC#CC#CC#CC#Cc1cccc(OCC)c1C1NC(=O)NC(C)=C1C(=O)C=O. The molecular weight excluding hydrogens is 452 g/mol. The molecule has 1 aliphatic rings. The van der Waals surface area contributed by atoms with Crippen LogP contribution in [0.3, 0.4) is 0 Å². The van der Waals surface area contributed by atoms with Gasteiger partial charge in [-0.2, -0.15) is 0 Å². The Hall–Kier alpha value is -5.71. The number of amides is 2. The lowest BCUT2D eigenvalue weighted by Gasteiger charge is -2.29. The topological polar surface area (TPSA) is 84.5 Å². The molecule has 0 fully saturated rings. The minimum absolute atomic E-state index is 0.0997. The van der Waals surface area contributed by atoms with Crippen LogP contribution in [0.15, 0.2) is 29.5 Å². The predicted molar refractivity (Wildman–Crippen MR) is 135 cm³/mol. The summed E-state index contributed by atoms with van der Waals surface area (Å²) in [6, 6.07) is 3.66. The standard InChI is InChI=1S/C30H18N2O4/c1-4-6-7-8-9-10-11-12-13-14-15-16-17-19-24-20-18-21-26(36-5-2)28(24)29-27(25(34)22-33)23(3)31-30(35)32-29/h18,20-22,29H,5H2,1-3H3,(H2,31,32,35). The molecule has 1 aromatic rings. The van der Waals surface area contributed by atoms with Crippen molar-refractivity contribution in [2.45, 2.75) is 26.8 Å². The molecule has 2 amide bonds. The van der Waals surface area contributed by atoms with Gasteiger partial charge in [0.2, 0.25) is 5.78 Å². The minimum atomic E-state index is -0.939. The van der Waals surface area contributed by atoms with Gasteiger partial charge >= 0.3 is 6.03 Å². The summed E-state index contributed by atoms with van der Waals surface area (Å²) >= 11 is 0. The molecule has 36 heavy (non-hydrogen) atoms. The fraction of sp³-hybridized carbons (Fsp3) is 0.167. The molecule has 2 rings (SSSR count). The average Bonchev–Trinajstić information content (AvgIpc) is 2.86. The Bertz CT molecular complexity index is 1560. The van der Waals surface area contributed by atoms with Crippen molar-refractivity contribution in [3.8, 4) is 88.6 Å². The van der Waals surface area contributed by atoms with Gasteiger partial charge in [0.25, 0.3) is 0 Å². The highest BCUT2D eigenvalue weighted by Crippen LogP contribution is 2.35. The van der Waals surface area contributed by atoms with E-state index in [1.807, 2.05) is 0 Å². The third kappa shape index (κ3) is 7.71. The second kappa shape index (κ2) is 14.4. The number of nitrogens with one attached hydrogen (secondary N) is 2. The highest BCUT2D eigenvalue weighted by Gasteiger charge is 2.34. The van der Waals surface area contributed by atoms with Crippen LogP contribution in [-0.2, 0) is 9.59 Å². The molecule has 1 aliphatic heterocycles. The second-order valence-electron chi connectivity index (χ2n) is 6.58. The molecule has 0 saturated carbocycles. The zero-order chi connectivity index (χ0) is 26.2. The van der Waals surface area contributed by atoms with Crippen LogP contribution in [0, 0.1) is 82.9 Å². The molecule has 1 unspecified atom stereocenters. The Balaban J connectivity index is 2.39. The Kier molecular flexibility index (Phi) is 10.6. The Morgan fingerprint density at radius 2 is 1.56 bits per heavy atom. The lowest BCUT2D eigenvalue weighted by Crippen LogP contribution is -2.45. The highest BCUT2D eigenvalue weighted by atomic mass is 16.5. The Morgan fingerprint density at radius 1 is 0.972 bits per heavy atom. The van der Waals surface area contributed by atoms with E-state index in [9.17, 15) is 14.4 Å². The Morgan fingerprint density at radius 3 is 2.11 bits per heavy atom. The maximum atomic E-state index is 12.4. The van der Waals surface area contributed by atoms with Gasteiger partial charge in [0, 0.05) is 22.4 Å². The molecule has 6 heteroatoms. The van der Waals surface area contributed by atoms with E-state index < -0.39 is 17.9 Å². The zero-order valence-electron chi connectivity index (χ0n) is 19.7. The van der Waals surface area contributed by atoms with Crippen molar-refractivity contribution in [1.29, 1.82) is 0 Å². The monoisotopic (exact) mass is 470 g/mol. The van der Waals surface area contributed by atoms with Crippen LogP contribution >= 0.6 is 0 Å². The average molecular weight is 470 g/mol. The molecule has 172 valence electrons. The third-order valence-corrected chi connectivity index (χ3v) is 4.31. The largest absolute Gasteiger partial charge is 0.493 e. The van der Waals surface area contributed by atoms with E-state index in [2.05, 4.69) is 93.5 Å². The van der Waals surface area contributed by atoms with Crippen LogP contribution in [0.1, 0.15) is 37.9 Å². The van der Waals surface area contributed by atoms with Crippen molar-refractivity contribution in [3.05, 3.63) is 40.6 Å². The summed E-state index contributed by atoms with van der Waals surface area (Å²) in [6.07, 6.45) is 0.201. The second-order valence-corrected chi connectivity index (χ2v) is 6.58. The number of carbonyl (C=O) groups excluding carboxylic acids is 3. The van der Waals surface area contributed by atoms with Gasteiger partial charge in [-0.15, -0.1) is 0 Å². The van der Waals surface area contributed by atoms with Gasteiger partial charge in [-0.1, -0.05) is 17.9 Å². The molecule has 1 heterocycles. The summed E-state index contributed by atoms with van der Waals surface area (Å²) in [5, 5.41) is 5.20. The molecule has 0 saturated heterocycles. The quantitative estimate of drug-likeness (QED) is 0.391. The smallest absolute Gasteiger partial charge is 0.319 e. The van der Waals surface area contributed by atoms with Gasteiger partial charge in [-0.25, -0.2) is 4.79 Å². The first-order valence-electron chi connectivity index (χ1n) is 10.5. The van der Waals surface area contributed by atoms with Crippen molar-refractivity contribution in [2.75, 3.05) is 6.61 Å². The van der Waals surface area contributed by atoms with Gasteiger partial charge in [-0.05, 0) is 104 Å². The number of allylic oxidation sites excluding steroid dienone is 1. The molecule has 0 bridgehead atoms. The first kappa shape index (κ1) is 26.5. The van der Waals surface area contributed by atoms with Crippen LogP contribution in [0.2, 0.25) is 0 Å². The lowest BCUT2D eigenvalue weighted by molar-refractivity contribution is -0.127. The number of ketones is 1. The molecule has 1 atom stereocenters. The van der Waals surface area contributed by atoms with Crippen LogP contribution < -0.4 is 15.4 Å². The first-order valence-corrected chi connectivity index (χ1v) is 10.5. The van der Waals surface area contributed by atoms with Crippen molar-refractivity contribution in [1.82, 2.24) is 10.6 Å². The van der Waals surface area contributed by atoms with Crippen LogP contribution in [0.25, 0.3) is 0 Å². The predicted octanol–water partition coefficient (Wildman–Crippen LogP) is 1.87. The number of aldehydes is 1. The van der Waals surface area contributed by atoms with Gasteiger partial charge in [-0.3, -0.25) is 9.59 Å².